The Labute approximate surface area is 242 Å². The summed E-state index contributed by atoms with van der Waals surface area (Å²) in [7, 11) is 0. The van der Waals surface area contributed by atoms with Gasteiger partial charge in [0.25, 0.3) is 5.91 Å². The molecule has 1 atom stereocenters. The van der Waals surface area contributed by atoms with Gasteiger partial charge < -0.3 is 25.5 Å². The molecule has 2 fully saturated rings. The van der Waals surface area contributed by atoms with Crippen molar-refractivity contribution < 1.29 is 24.3 Å². The smallest absolute Gasteiger partial charge is 0.305 e. The Balaban J connectivity index is 1.58. The van der Waals surface area contributed by atoms with E-state index in [4.69, 9.17) is 0 Å². The molecule has 1 heterocycles. The number of carboxylic acid groups (broad SMARTS) is 1. The van der Waals surface area contributed by atoms with Crippen LogP contribution < -0.4 is 15.5 Å². The van der Waals surface area contributed by atoms with Crippen LogP contribution in [0.4, 0.5) is 11.4 Å². The molecular weight excluding hydrogens is 520 g/mol. The first kappa shape index (κ1) is 30.1. The number of anilines is 2. The van der Waals surface area contributed by atoms with Crippen molar-refractivity contribution in [1.82, 2.24) is 10.2 Å². The van der Waals surface area contributed by atoms with Gasteiger partial charge in [0.05, 0.1) is 23.8 Å². The SMILES string of the molecule is Cc1ccc(C(CC(=O)O)NC(=O)c2ccc(N3CCCN(C(=O)C4CC4)CC3)c(NC(=O)CC(C)(C)C)c2)cc1. The first-order chi connectivity index (χ1) is 19.4. The Morgan fingerprint density at radius 2 is 1.68 bits per heavy atom. The number of nitrogens with zero attached hydrogens (tertiary/aromatic N) is 2. The van der Waals surface area contributed by atoms with E-state index in [9.17, 15) is 24.3 Å². The minimum absolute atomic E-state index is 0.153. The number of hydrogen-bond donors (Lipinski definition) is 3. The summed E-state index contributed by atoms with van der Waals surface area (Å²) in [6.07, 6.45) is 2.81. The van der Waals surface area contributed by atoms with Gasteiger partial charge in [-0.25, -0.2) is 0 Å². The largest absolute Gasteiger partial charge is 0.481 e. The van der Waals surface area contributed by atoms with Crippen molar-refractivity contribution in [2.75, 3.05) is 36.4 Å². The van der Waals surface area contributed by atoms with Gasteiger partial charge in [-0.2, -0.15) is 0 Å². The molecule has 3 amide bonds. The number of hydrogen-bond acceptors (Lipinski definition) is 5. The van der Waals surface area contributed by atoms with Crippen LogP contribution in [0.5, 0.6) is 0 Å². The van der Waals surface area contributed by atoms with Gasteiger partial charge >= 0.3 is 5.97 Å². The number of carbonyl (C=O) groups excluding carboxylic acids is 3. The molecule has 1 saturated heterocycles. The molecule has 1 unspecified atom stereocenters. The summed E-state index contributed by atoms with van der Waals surface area (Å²) in [6.45, 7) is 10.6. The number of aliphatic carboxylic acids is 1. The lowest BCUT2D eigenvalue weighted by atomic mass is 9.92. The number of carbonyl (C=O) groups is 4. The second-order valence-electron chi connectivity index (χ2n) is 12.5. The Kier molecular flexibility index (Phi) is 9.35. The van der Waals surface area contributed by atoms with Crippen LogP contribution in [0.25, 0.3) is 0 Å². The lowest BCUT2D eigenvalue weighted by molar-refractivity contribution is -0.137. The minimum atomic E-state index is -1.02. The lowest BCUT2D eigenvalue weighted by Crippen LogP contribution is -2.36. The molecule has 41 heavy (non-hydrogen) atoms. The summed E-state index contributed by atoms with van der Waals surface area (Å²) in [4.78, 5) is 54.8. The van der Waals surface area contributed by atoms with Crippen LogP contribution in [0.1, 0.15) is 80.4 Å². The van der Waals surface area contributed by atoms with Gasteiger partial charge in [-0.3, -0.25) is 19.2 Å². The monoisotopic (exact) mass is 562 g/mol. The van der Waals surface area contributed by atoms with Crippen molar-refractivity contribution in [1.29, 1.82) is 0 Å². The number of rotatable bonds is 9. The van der Waals surface area contributed by atoms with E-state index in [1.165, 1.54) is 0 Å². The molecule has 9 heteroatoms. The summed E-state index contributed by atoms with van der Waals surface area (Å²) in [5.74, 6) is -1.18. The second-order valence-corrected chi connectivity index (χ2v) is 12.5. The van der Waals surface area contributed by atoms with Gasteiger partial charge in [-0.05, 0) is 55.4 Å². The summed E-state index contributed by atoms with van der Waals surface area (Å²) in [6, 6.07) is 11.9. The van der Waals surface area contributed by atoms with E-state index in [1.54, 1.807) is 12.1 Å². The molecule has 1 aliphatic carbocycles. The Bertz CT molecular complexity index is 1280. The fourth-order valence-electron chi connectivity index (χ4n) is 5.16. The molecule has 220 valence electrons. The van der Waals surface area contributed by atoms with E-state index in [0.29, 0.717) is 42.9 Å². The maximum absolute atomic E-state index is 13.4. The fourth-order valence-corrected chi connectivity index (χ4v) is 5.16. The van der Waals surface area contributed by atoms with Crippen molar-refractivity contribution in [3.63, 3.8) is 0 Å². The third kappa shape index (κ3) is 8.55. The molecule has 2 aromatic rings. The normalized spacial score (nSPS) is 16.5. The average Bonchev–Trinajstić information content (AvgIpc) is 3.74. The summed E-state index contributed by atoms with van der Waals surface area (Å²) < 4.78 is 0. The van der Waals surface area contributed by atoms with Crippen molar-refractivity contribution in [3.05, 3.63) is 59.2 Å². The van der Waals surface area contributed by atoms with Crippen LogP contribution in [0.15, 0.2) is 42.5 Å². The zero-order valence-corrected chi connectivity index (χ0v) is 24.5. The maximum Gasteiger partial charge on any atom is 0.305 e. The van der Waals surface area contributed by atoms with Crippen molar-refractivity contribution in [2.45, 2.75) is 65.8 Å². The van der Waals surface area contributed by atoms with Crippen LogP contribution >= 0.6 is 0 Å². The lowest BCUT2D eigenvalue weighted by Gasteiger charge is -2.27. The molecule has 3 N–H and O–H groups in total. The second kappa shape index (κ2) is 12.7. The number of carboxylic acids is 1. The van der Waals surface area contributed by atoms with Crippen LogP contribution in [0.2, 0.25) is 0 Å². The predicted molar refractivity (Wildman–Crippen MR) is 159 cm³/mol. The predicted octanol–water partition coefficient (Wildman–Crippen LogP) is 4.76. The quantitative estimate of drug-likeness (QED) is 0.405. The third-order valence-corrected chi connectivity index (χ3v) is 7.46. The van der Waals surface area contributed by atoms with Gasteiger partial charge in [0, 0.05) is 44.1 Å². The molecule has 0 bridgehead atoms. The van der Waals surface area contributed by atoms with E-state index in [-0.39, 0.29) is 29.6 Å². The zero-order valence-electron chi connectivity index (χ0n) is 24.5. The molecular formula is C32H42N4O5. The third-order valence-electron chi connectivity index (χ3n) is 7.46. The Morgan fingerprint density at radius 1 is 0.976 bits per heavy atom. The van der Waals surface area contributed by atoms with Crippen LogP contribution in [0.3, 0.4) is 0 Å². The first-order valence-electron chi connectivity index (χ1n) is 14.5. The number of benzene rings is 2. The molecule has 0 radical (unpaired) electrons. The van der Waals surface area contributed by atoms with Gasteiger partial charge in [0.2, 0.25) is 11.8 Å². The molecule has 2 aliphatic rings. The highest BCUT2D eigenvalue weighted by molar-refractivity contribution is 6.00. The van der Waals surface area contributed by atoms with Crippen LogP contribution in [-0.4, -0.2) is 59.9 Å². The van der Waals surface area contributed by atoms with Crippen molar-refractivity contribution >= 4 is 35.1 Å². The van der Waals surface area contributed by atoms with Crippen LogP contribution in [-0.2, 0) is 14.4 Å². The molecule has 1 aliphatic heterocycles. The molecule has 1 saturated carbocycles. The van der Waals surface area contributed by atoms with E-state index in [1.807, 2.05) is 62.9 Å². The fraction of sp³-hybridized carbons (Fsp3) is 0.500. The molecule has 0 spiro atoms. The highest BCUT2D eigenvalue weighted by atomic mass is 16.4. The van der Waals surface area contributed by atoms with Crippen molar-refractivity contribution in [3.8, 4) is 0 Å². The molecule has 4 rings (SSSR count). The summed E-state index contributed by atoms with van der Waals surface area (Å²) >= 11 is 0. The highest BCUT2D eigenvalue weighted by Crippen LogP contribution is 2.33. The Morgan fingerprint density at radius 3 is 2.32 bits per heavy atom. The summed E-state index contributed by atoms with van der Waals surface area (Å²) in [5, 5.41) is 15.4. The van der Waals surface area contributed by atoms with Gasteiger partial charge in [-0.15, -0.1) is 0 Å². The van der Waals surface area contributed by atoms with E-state index < -0.39 is 17.9 Å². The standard InChI is InChI=1S/C32H42N4O5/c1-21-6-8-22(9-7-21)25(19-29(38)39)34-30(40)24-12-13-27(26(18-24)33-28(37)20-32(2,3)4)35-14-5-15-36(17-16-35)31(41)23-10-11-23/h6-9,12-13,18,23,25H,5,10-11,14-17,19-20H2,1-4H3,(H,33,37)(H,34,40)(H,38,39). The zero-order chi connectivity index (χ0) is 29.7. The number of amides is 3. The minimum Gasteiger partial charge on any atom is -0.481 e. The number of nitrogens with one attached hydrogen (secondary N) is 2. The first-order valence-corrected chi connectivity index (χ1v) is 14.5. The number of aryl methyl sites for hydroxylation is 1. The van der Waals surface area contributed by atoms with E-state index in [2.05, 4.69) is 15.5 Å². The van der Waals surface area contributed by atoms with E-state index in [0.717, 1.165) is 37.1 Å². The summed E-state index contributed by atoms with van der Waals surface area (Å²) in [5.41, 5.74) is 3.17. The molecule has 0 aromatic heterocycles. The van der Waals surface area contributed by atoms with Crippen LogP contribution in [0, 0.1) is 18.3 Å². The average molecular weight is 563 g/mol. The van der Waals surface area contributed by atoms with Gasteiger partial charge in [-0.1, -0.05) is 50.6 Å². The molecule has 9 nitrogen and oxygen atoms in total. The molecule has 2 aromatic carbocycles. The van der Waals surface area contributed by atoms with Crippen molar-refractivity contribution in [2.24, 2.45) is 11.3 Å². The van der Waals surface area contributed by atoms with Gasteiger partial charge in [0.15, 0.2) is 0 Å². The van der Waals surface area contributed by atoms with Gasteiger partial charge in [0.1, 0.15) is 0 Å². The maximum atomic E-state index is 13.4. The Hall–Kier alpha value is -3.88. The topological polar surface area (TPSA) is 119 Å². The highest BCUT2D eigenvalue weighted by Gasteiger charge is 2.34. The van der Waals surface area contributed by atoms with E-state index >= 15 is 0 Å².